The summed E-state index contributed by atoms with van der Waals surface area (Å²) in [4.78, 5) is 29.3. The van der Waals surface area contributed by atoms with E-state index in [0.29, 0.717) is 11.1 Å². The number of anilines is 3. The molecule has 0 unspecified atom stereocenters. The van der Waals surface area contributed by atoms with E-state index >= 15 is 0 Å². The third-order valence-corrected chi connectivity index (χ3v) is 14.2. The Morgan fingerprint density at radius 2 is 1.26 bits per heavy atom. The number of Topliss-reactive ketones (excluding diaryl/α,β-unsaturated/α-hetero) is 2. The van der Waals surface area contributed by atoms with E-state index in [9.17, 15) is 9.59 Å². The van der Waals surface area contributed by atoms with Gasteiger partial charge in [0.25, 0.3) is 0 Å². The molecule has 0 bridgehead atoms. The number of allylic oxidation sites excluding steroid dienone is 1. The van der Waals surface area contributed by atoms with Crippen molar-refractivity contribution in [2.75, 3.05) is 4.90 Å². The van der Waals surface area contributed by atoms with Gasteiger partial charge < -0.3 is 0 Å². The fourth-order valence-corrected chi connectivity index (χ4v) is 9.87. The van der Waals surface area contributed by atoms with Crippen LogP contribution in [0.1, 0.15) is 51.3 Å². The molecule has 3 nitrogen and oxygen atoms in total. The molecule has 0 amide bonds. The van der Waals surface area contributed by atoms with Crippen LogP contribution in [0.2, 0.25) is 17.3 Å². The average Bonchev–Trinajstić information content (AvgIpc) is 3.27. The van der Waals surface area contributed by atoms with E-state index in [1.54, 1.807) is 6.08 Å². The Kier molecular flexibility index (Phi) is 6.33. The Balaban J connectivity index is 1.25. The molecule has 4 heteroatoms. The van der Waals surface area contributed by atoms with Gasteiger partial charge in [-0.1, -0.05) is 24.3 Å². The molecule has 0 N–H and O–H groups in total. The van der Waals surface area contributed by atoms with Crippen LogP contribution in [0.25, 0.3) is 27.6 Å². The standard InChI is InChI=1S/C42H35GeNO2/c1-42(2)36-12-8-9-13-37(36)44(31-18-16-30(17-19-31)43(3,4)5)38-21-15-29-22-26(14-20-32(29)39(38)42)23-35-40(45)33-24-27-10-6-7-11-28(27)25-34(33)41(35)46/h6-25H,1-5H3. The molecule has 1 aliphatic carbocycles. The first-order valence-electron chi connectivity index (χ1n) is 15.9. The van der Waals surface area contributed by atoms with Gasteiger partial charge in [-0.15, -0.1) is 0 Å². The number of nitrogens with zero attached hydrogens (tertiary/aromatic N) is 1. The van der Waals surface area contributed by atoms with Gasteiger partial charge >= 0.3 is 189 Å². The molecule has 0 saturated carbocycles. The van der Waals surface area contributed by atoms with Crippen LogP contribution >= 0.6 is 0 Å². The van der Waals surface area contributed by atoms with E-state index in [-0.39, 0.29) is 22.6 Å². The molecule has 0 spiro atoms. The zero-order chi connectivity index (χ0) is 32.0. The van der Waals surface area contributed by atoms with Crippen molar-refractivity contribution in [2.45, 2.75) is 36.5 Å². The number of fused-ring (bicyclic) bond motifs is 6. The first-order valence-corrected chi connectivity index (χ1v) is 23.3. The van der Waals surface area contributed by atoms with Crippen molar-refractivity contribution >= 4 is 73.9 Å². The molecule has 8 rings (SSSR count). The van der Waals surface area contributed by atoms with Gasteiger partial charge in [0.15, 0.2) is 11.6 Å². The summed E-state index contributed by atoms with van der Waals surface area (Å²) in [5.74, 6) is 6.88. The second kappa shape index (κ2) is 10.1. The molecule has 0 atom stereocenters. The van der Waals surface area contributed by atoms with E-state index < -0.39 is 13.3 Å². The third-order valence-electron chi connectivity index (χ3n) is 9.87. The van der Waals surface area contributed by atoms with Gasteiger partial charge in [0, 0.05) is 11.1 Å². The molecule has 224 valence electrons. The number of ketones is 2. The molecule has 6 aromatic carbocycles. The van der Waals surface area contributed by atoms with Crippen LogP contribution in [0.4, 0.5) is 17.1 Å². The van der Waals surface area contributed by atoms with E-state index in [4.69, 9.17) is 0 Å². The van der Waals surface area contributed by atoms with Crippen LogP contribution in [0.3, 0.4) is 0 Å². The third kappa shape index (κ3) is 4.33. The summed E-state index contributed by atoms with van der Waals surface area (Å²) in [7, 11) is 0. The number of para-hydroxylation sites is 1. The van der Waals surface area contributed by atoms with Crippen molar-refractivity contribution in [3.8, 4) is 0 Å². The normalized spacial score (nSPS) is 15.2. The van der Waals surface area contributed by atoms with E-state index in [0.717, 1.165) is 27.4 Å². The zero-order valence-electron chi connectivity index (χ0n) is 26.8. The summed E-state index contributed by atoms with van der Waals surface area (Å²) in [5, 5.41) is 4.18. The predicted octanol–water partition coefficient (Wildman–Crippen LogP) is 10.1. The molecule has 0 fully saturated rings. The second-order valence-corrected chi connectivity index (χ2v) is 24.8. The second-order valence-electron chi connectivity index (χ2n) is 14.2. The fraction of sp³-hybridized carbons (Fsp3) is 0.143. The van der Waals surface area contributed by atoms with Crippen LogP contribution in [0, 0.1) is 0 Å². The molecular weight excluding hydrogens is 623 g/mol. The number of carbonyl (C=O) groups excluding carboxylic acids is 2. The van der Waals surface area contributed by atoms with Crippen molar-refractivity contribution in [1.29, 1.82) is 0 Å². The predicted molar refractivity (Wildman–Crippen MR) is 194 cm³/mol. The van der Waals surface area contributed by atoms with Gasteiger partial charge in [0.2, 0.25) is 0 Å². The summed E-state index contributed by atoms with van der Waals surface area (Å²) in [6, 6.07) is 40.2. The Hall–Kier alpha value is -4.74. The van der Waals surface area contributed by atoms with Crippen molar-refractivity contribution in [2.24, 2.45) is 0 Å². The van der Waals surface area contributed by atoms with E-state index in [2.05, 4.69) is 109 Å². The van der Waals surface area contributed by atoms with Gasteiger partial charge in [0.05, 0.1) is 5.57 Å². The summed E-state index contributed by atoms with van der Waals surface area (Å²) in [6.07, 6.45) is 1.77. The minimum atomic E-state index is -1.96. The number of hydrogen-bond acceptors (Lipinski definition) is 3. The SMILES string of the molecule is CC1(C)c2ccccc2N(c2cc[c]([Ge]([CH3])([CH3])[CH3])cc2)c2ccc3cc(C=C4C(=O)c5cc6ccccc6cc5C4=O)ccc3c21. The number of rotatable bonds is 3. The Morgan fingerprint density at radius 3 is 1.91 bits per heavy atom. The molecule has 2 aliphatic rings. The molecule has 0 saturated heterocycles. The van der Waals surface area contributed by atoms with Crippen LogP contribution in [0.15, 0.2) is 121 Å². The maximum absolute atomic E-state index is 13.5. The van der Waals surface area contributed by atoms with Crippen molar-refractivity contribution in [3.05, 3.63) is 149 Å². The molecule has 1 aliphatic heterocycles. The van der Waals surface area contributed by atoms with Crippen molar-refractivity contribution in [1.82, 2.24) is 0 Å². The topological polar surface area (TPSA) is 37.4 Å². The fourth-order valence-electron chi connectivity index (χ4n) is 7.43. The first-order chi connectivity index (χ1) is 22.0. The van der Waals surface area contributed by atoms with Gasteiger partial charge in [-0.3, -0.25) is 9.59 Å². The van der Waals surface area contributed by atoms with Gasteiger partial charge in [-0.05, 0) is 22.9 Å². The summed E-state index contributed by atoms with van der Waals surface area (Å²) < 4.78 is 1.49. The van der Waals surface area contributed by atoms with Gasteiger partial charge in [-0.25, -0.2) is 0 Å². The molecule has 0 radical (unpaired) electrons. The van der Waals surface area contributed by atoms with E-state index in [1.165, 1.54) is 32.3 Å². The van der Waals surface area contributed by atoms with Gasteiger partial charge in [0.1, 0.15) is 0 Å². The molecule has 46 heavy (non-hydrogen) atoms. The number of hydrogen-bond donors (Lipinski definition) is 0. The minimum absolute atomic E-state index is 0.203. The zero-order valence-corrected chi connectivity index (χ0v) is 28.9. The average molecular weight is 658 g/mol. The molecule has 1 heterocycles. The molecule has 0 aromatic heterocycles. The summed E-state index contributed by atoms with van der Waals surface area (Å²) >= 11 is -1.96. The molecular formula is C42H35GeNO2. The monoisotopic (exact) mass is 659 g/mol. The Morgan fingerprint density at radius 1 is 0.630 bits per heavy atom. The van der Waals surface area contributed by atoms with Crippen LogP contribution < -0.4 is 9.30 Å². The van der Waals surface area contributed by atoms with E-state index in [1.807, 2.05) is 42.5 Å². The maximum atomic E-state index is 13.5. The Labute approximate surface area is 272 Å². The van der Waals surface area contributed by atoms with Gasteiger partial charge in [-0.2, -0.15) is 0 Å². The number of benzene rings is 6. The first kappa shape index (κ1) is 28.7. The Bertz CT molecular complexity index is 2250. The van der Waals surface area contributed by atoms with Crippen LogP contribution in [-0.4, -0.2) is 24.8 Å². The van der Waals surface area contributed by atoms with Crippen molar-refractivity contribution < 1.29 is 9.59 Å². The van der Waals surface area contributed by atoms with Crippen LogP contribution in [-0.2, 0) is 5.41 Å². The quantitative estimate of drug-likeness (QED) is 0.108. The summed E-state index contributed by atoms with van der Waals surface area (Å²) in [5.41, 5.74) is 7.90. The number of carbonyl (C=O) groups is 2. The van der Waals surface area contributed by atoms with Crippen molar-refractivity contribution in [3.63, 3.8) is 0 Å². The van der Waals surface area contributed by atoms with Crippen LogP contribution in [0.5, 0.6) is 0 Å². The summed E-state index contributed by atoms with van der Waals surface area (Å²) in [6.45, 7) is 4.62. The molecule has 6 aromatic rings.